The minimum atomic E-state index is -0.597. The van der Waals surface area contributed by atoms with Crippen molar-refractivity contribution >= 4 is 51.5 Å². The van der Waals surface area contributed by atoms with E-state index in [2.05, 4.69) is 5.32 Å². The molecule has 0 spiro atoms. The number of methoxy groups -OCH3 is 1. The SMILES string of the molecule is CCOc1cccc(NC(=O)[C@@H]2CC(=O)N(Cc3cccs3)C(=Nc3ccc(OC)cc3)S2)c1. The quantitative estimate of drug-likeness (QED) is 0.458. The molecule has 2 heterocycles. The highest BCUT2D eigenvalue weighted by Crippen LogP contribution is 2.32. The molecule has 1 fully saturated rings. The maximum absolute atomic E-state index is 13.1. The second kappa shape index (κ2) is 11.2. The average molecular weight is 496 g/mol. The van der Waals surface area contributed by atoms with Gasteiger partial charge >= 0.3 is 0 Å². The van der Waals surface area contributed by atoms with E-state index in [1.54, 1.807) is 35.5 Å². The van der Waals surface area contributed by atoms with Gasteiger partial charge in [0.05, 0.1) is 25.9 Å². The first-order chi connectivity index (χ1) is 16.6. The lowest BCUT2D eigenvalue weighted by atomic mass is 10.2. The van der Waals surface area contributed by atoms with E-state index in [9.17, 15) is 9.59 Å². The van der Waals surface area contributed by atoms with E-state index in [1.807, 2.05) is 60.8 Å². The van der Waals surface area contributed by atoms with Gasteiger partial charge in [-0.05, 0) is 54.8 Å². The Morgan fingerprint density at radius 2 is 1.97 bits per heavy atom. The van der Waals surface area contributed by atoms with Crippen LogP contribution >= 0.6 is 23.1 Å². The van der Waals surface area contributed by atoms with Gasteiger partial charge in [-0.25, -0.2) is 4.99 Å². The fraction of sp³-hybridized carbons (Fsp3) is 0.240. The first-order valence-corrected chi connectivity index (χ1v) is 12.6. The Hall–Kier alpha value is -3.30. The summed E-state index contributed by atoms with van der Waals surface area (Å²) in [4.78, 5) is 33.6. The molecule has 0 aliphatic carbocycles. The predicted molar refractivity (Wildman–Crippen MR) is 137 cm³/mol. The number of nitrogens with one attached hydrogen (secondary N) is 1. The van der Waals surface area contributed by atoms with E-state index >= 15 is 0 Å². The number of anilines is 1. The Bertz CT molecular complexity index is 1160. The van der Waals surface area contributed by atoms with Crippen LogP contribution in [0.4, 0.5) is 11.4 Å². The van der Waals surface area contributed by atoms with E-state index in [-0.39, 0.29) is 18.2 Å². The highest BCUT2D eigenvalue weighted by molar-refractivity contribution is 8.15. The lowest BCUT2D eigenvalue weighted by Gasteiger charge is -2.31. The number of thioether (sulfide) groups is 1. The number of amides is 2. The molecule has 176 valence electrons. The van der Waals surface area contributed by atoms with Crippen molar-refractivity contribution in [2.24, 2.45) is 4.99 Å². The number of hydrogen-bond acceptors (Lipinski definition) is 7. The number of nitrogens with zero attached hydrogens (tertiary/aromatic N) is 2. The molecule has 1 N–H and O–H groups in total. The van der Waals surface area contributed by atoms with Gasteiger partial charge < -0.3 is 14.8 Å². The molecule has 1 aliphatic rings. The molecular weight excluding hydrogens is 470 g/mol. The number of carbonyl (C=O) groups excluding carboxylic acids is 2. The third-order valence-corrected chi connectivity index (χ3v) is 7.08. The summed E-state index contributed by atoms with van der Waals surface area (Å²) in [6.45, 7) is 2.86. The van der Waals surface area contributed by atoms with Crippen molar-refractivity contribution in [1.82, 2.24) is 4.90 Å². The molecule has 34 heavy (non-hydrogen) atoms. The van der Waals surface area contributed by atoms with Gasteiger partial charge in [0.15, 0.2) is 5.17 Å². The van der Waals surface area contributed by atoms with Crippen molar-refractivity contribution in [3.05, 3.63) is 70.9 Å². The molecule has 0 unspecified atom stereocenters. The number of carbonyl (C=O) groups is 2. The number of amidine groups is 1. The molecule has 2 amide bonds. The van der Waals surface area contributed by atoms with Crippen molar-refractivity contribution < 1.29 is 19.1 Å². The first kappa shape index (κ1) is 23.8. The van der Waals surface area contributed by atoms with E-state index < -0.39 is 5.25 Å². The lowest BCUT2D eigenvalue weighted by Crippen LogP contribution is -2.44. The minimum absolute atomic E-state index is 0.0919. The summed E-state index contributed by atoms with van der Waals surface area (Å²) >= 11 is 2.88. The summed E-state index contributed by atoms with van der Waals surface area (Å²) in [7, 11) is 1.60. The second-order valence-corrected chi connectivity index (χ2v) is 9.61. The number of ether oxygens (including phenoxy) is 2. The minimum Gasteiger partial charge on any atom is -0.497 e. The first-order valence-electron chi connectivity index (χ1n) is 10.8. The number of benzene rings is 2. The van der Waals surface area contributed by atoms with Gasteiger partial charge in [-0.15, -0.1) is 11.3 Å². The van der Waals surface area contributed by atoms with Gasteiger partial charge in [0, 0.05) is 23.1 Å². The largest absolute Gasteiger partial charge is 0.497 e. The lowest BCUT2D eigenvalue weighted by molar-refractivity contribution is -0.129. The Morgan fingerprint density at radius 3 is 2.68 bits per heavy atom. The molecule has 1 aromatic heterocycles. The zero-order valence-electron chi connectivity index (χ0n) is 18.9. The smallest absolute Gasteiger partial charge is 0.238 e. The maximum atomic E-state index is 13.1. The second-order valence-electron chi connectivity index (χ2n) is 7.41. The summed E-state index contributed by atoms with van der Waals surface area (Å²) in [6.07, 6.45) is 0.0919. The fourth-order valence-electron chi connectivity index (χ4n) is 3.38. The van der Waals surface area contributed by atoms with E-state index in [1.165, 1.54) is 11.8 Å². The van der Waals surface area contributed by atoms with Crippen LogP contribution in [0, 0.1) is 0 Å². The van der Waals surface area contributed by atoms with Crippen LogP contribution < -0.4 is 14.8 Å². The molecule has 0 bridgehead atoms. The normalized spacial score (nSPS) is 17.0. The van der Waals surface area contributed by atoms with Crippen molar-refractivity contribution in [3.8, 4) is 11.5 Å². The van der Waals surface area contributed by atoms with Crippen molar-refractivity contribution in [3.63, 3.8) is 0 Å². The molecule has 3 aromatic rings. The van der Waals surface area contributed by atoms with E-state index in [4.69, 9.17) is 14.5 Å². The zero-order valence-corrected chi connectivity index (χ0v) is 20.5. The maximum Gasteiger partial charge on any atom is 0.238 e. The molecule has 0 saturated carbocycles. The summed E-state index contributed by atoms with van der Waals surface area (Å²) in [5, 5.41) is 4.79. The van der Waals surface area contributed by atoms with Gasteiger partial charge in [0.1, 0.15) is 16.7 Å². The molecule has 1 saturated heterocycles. The molecule has 9 heteroatoms. The van der Waals surface area contributed by atoms with E-state index in [0.717, 1.165) is 10.6 Å². The predicted octanol–water partition coefficient (Wildman–Crippen LogP) is 5.32. The van der Waals surface area contributed by atoms with Gasteiger partial charge in [-0.2, -0.15) is 0 Å². The summed E-state index contributed by atoms with van der Waals surface area (Å²) in [5.74, 6) is 1.02. The highest BCUT2D eigenvalue weighted by atomic mass is 32.2. The van der Waals surface area contributed by atoms with Gasteiger partial charge in [-0.3, -0.25) is 14.5 Å². The number of rotatable bonds is 8. The topological polar surface area (TPSA) is 80.2 Å². The molecular formula is C25H25N3O4S2. The Labute approximate surface area is 206 Å². The molecule has 1 aliphatic heterocycles. The number of hydrogen-bond donors (Lipinski definition) is 1. The standard InChI is InChI=1S/C25H25N3O4S2/c1-3-32-20-7-4-6-18(14-20)26-24(30)22-15-23(29)28(16-21-8-5-13-33-21)25(34-22)27-17-9-11-19(31-2)12-10-17/h4-14,22H,3,15-16H2,1-2H3,(H,26,30)/t22-/m0/s1. The third-order valence-electron chi connectivity index (χ3n) is 5.04. The highest BCUT2D eigenvalue weighted by Gasteiger charge is 2.36. The van der Waals surface area contributed by atoms with Crippen molar-refractivity contribution in [2.75, 3.05) is 19.0 Å². The van der Waals surface area contributed by atoms with Crippen molar-refractivity contribution in [2.45, 2.75) is 25.1 Å². The Morgan fingerprint density at radius 1 is 1.15 bits per heavy atom. The monoisotopic (exact) mass is 495 g/mol. The van der Waals surface area contributed by atoms with E-state index in [0.29, 0.717) is 35.4 Å². The van der Waals surface area contributed by atoms with Crippen LogP contribution in [0.3, 0.4) is 0 Å². The molecule has 1 atom stereocenters. The van der Waals surface area contributed by atoms with Crippen LogP contribution in [0.25, 0.3) is 0 Å². The van der Waals surface area contributed by atoms with Crippen LogP contribution in [0.5, 0.6) is 11.5 Å². The molecule has 4 rings (SSSR count). The van der Waals surface area contributed by atoms with Crippen LogP contribution in [0.1, 0.15) is 18.2 Å². The van der Waals surface area contributed by atoms with Crippen LogP contribution in [-0.2, 0) is 16.1 Å². The summed E-state index contributed by atoms with van der Waals surface area (Å²) in [5.41, 5.74) is 1.30. The Kier molecular flexibility index (Phi) is 7.87. The number of aliphatic imine (C=N–C) groups is 1. The average Bonchev–Trinajstić information content (AvgIpc) is 3.35. The van der Waals surface area contributed by atoms with Crippen LogP contribution in [-0.4, -0.2) is 40.8 Å². The third kappa shape index (κ3) is 5.98. The van der Waals surface area contributed by atoms with Crippen LogP contribution in [0.15, 0.2) is 71.0 Å². The zero-order chi connectivity index (χ0) is 23.9. The van der Waals surface area contributed by atoms with Gasteiger partial charge in [0.25, 0.3) is 0 Å². The molecule has 7 nitrogen and oxygen atoms in total. The van der Waals surface area contributed by atoms with Crippen molar-refractivity contribution in [1.29, 1.82) is 0 Å². The van der Waals surface area contributed by atoms with Crippen LogP contribution in [0.2, 0.25) is 0 Å². The fourth-order valence-corrected chi connectivity index (χ4v) is 5.17. The van der Waals surface area contributed by atoms with Gasteiger partial charge in [0.2, 0.25) is 11.8 Å². The van der Waals surface area contributed by atoms with Gasteiger partial charge in [-0.1, -0.05) is 23.9 Å². The molecule has 0 radical (unpaired) electrons. The number of thiophene rings is 1. The Balaban J connectivity index is 1.56. The summed E-state index contributed by atoms with van der Waals surface area (Å²) in [6, 6.07) is 18.4. The summed E-state index contributed by atoms with van der Waals surface area (Å²) < 4.78 is 10.7. The molecule has 2 aromatic carbocycles.